The zero-order valence-corrected chi connectivity index (χ0v) is 13.2. The third-order valence-electron chi connectivity index (χ3n) is 3.77. The van der Waals surface area contributed by atoms with Crippen LogP contribution in [-0.2, 0) is 11.3 Å². The molecule has 5 nitrogen and oxygen atoms in total. The van der Waals surface area contributed by atoms with Crippen molar-refractivity contribution in [3.63, 3.8) is 0 Å². The molecule has 3 rings (SSSR count). The molecular weight excluding hydrogens is 290 g/mol. The Bertz CT molecular complexity index is 839. The minimum atomic E-state index is -0.0458. The van der Waals surface area contributed by atoms with Crippen molar-refractivity contribution in [2.45, 2.75) is 19.9 Å². The highest BCUT2D eigenvalue weighted by atomic mass is 16.5. The average Bonchev–Trinajstić information content (AvgIpc) is 2.98. The first kappa shape index (κ1) is 15.1. The van der Waals surface area contributed by atoms with Crippen LogP contribution in [0.25, 0.3) is 10.9 Å². The molecule has 0 saturated heterocycles. The van der Waals surface area contributed by atoms with Gasteiger partial charge in [-0.1, -0.05) is 24.3 Å². The van der Waals surface area contributed by atoms with Crippen LogP contribution < -0.4 is 10.1 Å². The fourth-order valence-corrected chi connectivity index (χ4v) is 2.63. The Hall–Kier alpha value is -2.82. The van der Waals surface area contributed by atoms with Gasteiger partial charge in [0.1, 0.15) is 5.75 Å². The van der Waals surface area contributed by atoms with E-state index in [0.717, 1.165) is 27.9 Å². The molecule has 5 heteroatoms. The number of amides is 1. The van der Waals surface area contributed by atoms with Gasteiger partial charge in [-0.2, -0.15) is 5.10 Å². The monoisotopic (exact) mass is 309 g/mol. The summed E-state index contributed by atoms with van der Waals surface area (Å²) in [4.78, 5) is 12.1. The minimum absolute atomic E-state index is 0.0458. The molecule has 0 radical (unpaired) electrons. The lowest BCUT2D eigenvalue weighted by Crippen LogP contribution is -2.15. The van der Waals surface area contributed by atoms with E-state index < -0.39 is 0 Å². The van der Waals surface area contributed by atoms with Crippen LogP contribution in [-0.4, -0.2) is 22.8 Å². The van der Waals surface area contributed by atoms with Gasteiger partial charge in [-0.15, -0.1) is 0 Å². The van der Waals surface area contributed by atoms with Gasteiger partial charge >= 0.3 is 0 Å². The predicted octanol–water partition coefficient (Wildman–Crippen LogP) is 3.38. The number of para-hydroxylation sites is 1. The normalized spacial score (nSPS) is 10.7. The van der Waals surface area contributed by atoms with Gasteiger partial charge in [0.2, 0.25) is 5.91 Å². The maximum atomic E-state index is 12.1. The van der Waals surface area contributed by atoms with E-state index >= 15 is 0 Å². The topological polar surface area (TPSA) is 56.1 Å². The number of fused-ring (bicyclic) bond motifs is 1. The van der Waals surface area contributed by atoms with Gasteiger partial charge in [-0.05, 0) is 24.6 Å². The van der Waals surface area contributed by atoms with Gasteiger partial charge in [0, 0.05) is 23.6 Å². The highest BCUT2D eigenvalue weighted by Gasteiger charge is 2.08. The first-order chi connectivity index (χ1) is 11.2. The standard InChI is InChI=1S/C18H19N3O2/c1-13-5-3-6-14-12-19-21(18(13)14)10-9-17(22)20-15-7-4-8-16(11-15)23-2/h3-8,11-12H,9-10H2,1-2H3,(H,20,22). The highest BCUT2D eigenvalue weighted by Crippen LogP contribution is 2.19. The number of aromatic nitrogens is 2. The molecule has 1 N–H and O–H groups in total. The second kappa shape index (κ2) is 6.52. The molecular formula is C18H19N3O2. The van der Waals surface area contributed by atoms with Crippen LogP contribution in [0.2, 0.25) is 0 Å². The Morgan fingerprint density at radius 3 is 2.91 bits per heavy atom. The molecule has 23 heavy (non-hydrogen) atoms. The van der Waals surface area contributed by atoms with Crippen LogP contribution in [0.4, 0.5) is 5.69 Å². The lowest BCUT2D eigenvalue weighted by atomic mass is 10.2. The summed E-state index contributed by atoms with van der Waals surface area (Å²) in [7, 11) is 1.60. The van der Waals surface area contributed by atoms with Gasteiger partial charge in [0.15, 0.2) is 0 Å². The quantitative estimate of drug-likeness (QED) is 0.786. The number of hydrogen-bond acceptors (Lipinski definition) is 3. The van der Waals surface area contributed by atoms with Crippen molar-refractivity contribution in [1.29, 1.82) is 0 Å². The maximum absolute atomic E-state index is 12.1. The van der Waals surface area contributed by atoms with Crippen LogP contribution in [0.15, 0.2) is 48.7 Å². The Kier molecular flexibility index (Phi) is 4.28. The molecule has 0 aliphatic heterocycles. The van der Waals surface area contributed by atoms with Crippen LogP contribution in [0, 0.1) is 6.92 Å². The van der Waals surface area contributed by atoms with Crippen molar-refractivity contribution in [3.8, 4) is 5.75 Å². The zero-order chi connectivity index (χ0) is 16.2. The molecule has 0 atom stereocenters. The molecule has 0 saturated carbocycles. The van der Waals surface area contributed by atoms with Crippen molar-refractivity contribution < 1.29 is 9.53 Å². The number of anilines is 1. The number of methoxy groups -OCH3 is 1. The maximum Gasteiger partial charge on any atom is 0.226 e. The molecule has 0 fully saturated rings. The van der Waals surface area contributed by atoms with Gasteiger partial charge < -0.3 is 10.1 Å². The van der Waals surface area contributed by atoms with Crippen molar-refractivity contribution in [1.82, 2.24) is 9.78 Å². The van der Waals surface area contributed by atoms with E-state index in [1.165, 1.54) is 0 Å². The summed E-state index contributed by atoms with van der Waals surface area (Å²) in [5.74, 6) is 0.673. The Morgan fingerprint density at radius 1 is 1.26 bits per heavy atom. The Labute approximate surface area is 134 Å². The highest BCUT2D eigenvalue weighted by molar-refractivity contribution is 5.91. The molecule has 0 unspecified atom stereocenters. The number of nitrogens with zero attached hydrogens (tertiary/aromatic N) is 2. The number of aryl methyl sites for hydroxylation is 2. The number of nitrogens with one attached hydrogen (secondary N) is 1. The molecule has 118 valence electrons. The van der Waals surface area contributed by atoms with E-state index in [1.807, 2.05) is 41.2 Å². The van der Waals surface area contributed by atoms with E-state index in [4.69, 9.17) is 4.74 Å². The Balaban J connectivity index is 1.66. The van der Waals surface area contributed by atoms with E-state index in [0.29, 0.717) is 13.0 Å². The van der Waals surface area contributed by atoms with Crippen molar-refractivity contribution in [2.75, 3.05) is 12.4 Å². The van der Waals surface area contributed by atoms with Gasteiger partial charge in [-0.3, -0.25) is 9.48 Å². The summed E-state index contributed by atoms with van der Waals surface area (Å²) < 4.78 is 7.04. The fraction of sp³-hybridized carbons (Fsp3) is 0.222. The summed E-state index contributed by atoms with van der Waals surface area (Å²) in [6.07, 6.45) is 2.20. The van der Waals surface area contributed by atoms with Crippen LogP contribution in [0.3, 0.4) is 0 Å². The summed E-state index contributed by atoms with van der Waals surface area (Å²) >= 11 is 0. The first-order valence-electron chi connectivity index (χ1n) is 7.52. The second-order valence-electron chi connectivity index (χ2n) is 5.41. The van der Waals surface area contributed by atoms with E-state index in [2.05, 4.69) is 23.4 Å². The number of hydrogen-bond donors (Lipinski definition) is 1. The van der Waals surface area contributed by atoms with Crippen molar-refractivity contribution in [2.24, 2.45) is 0 Å². The summed E-state index contributed by atoms with van der Waals surface area (Å²) in [5, 5.41) is 8.36. The van der Waals surface area contributed by atoms with Crippen LogP contribution in [0.5, 0.6) is 5.75 Å². The molecule has 1 heterocycles. The number of benzene rings is 2. The number of carbonyl (C=O) groups excluding carboxylic acids is 1. The molecule has 0 aliphatic carbocycles. The number of ether oxygens (including phenoxy) is 1. The number of rotatable bonds is 5. The fourth-order valence-electron chi connectivity index (χ4n) is 2.63. The van der Waals surface area contributed by atoms with Crippen molar-refractivity contribution in [3.05, 3.63) is 54.2 Å². The first-order valence-corrected chi connectivity index (χ1v) is 7.52. The molecule has 0 spiro atoms. The number of carbonyl (C=O) groups is 1. The zero-order valence-electron chi connectivity index (χ0n) is 13.2. The molecule has 1 aromatic heterocycles. The van der Waals surface area contributed by atoms with Crippen LogP contribution >= 0.6 is 0 Å². The summed E-state index contributed by atoms with van der Waals surface area (Å²) in [6, 6.07) is 13.4. The molecule has 2 aromatic carbocycles. The molecule has 3 aromatic rings. The SMILES string of the molecule is COc1cccc(NC(=O)CCn2ncc3cccc(C)c32)c1. The summed E-state index contributed by atoms with van der Waals surface area (Å²) in [6.45, 7) is 2.60. The third kappa shape index (κ3) is 3.34. The lowest BCUT2D eigenvalue weighted by molar-refractivity contribution is -0.116. The minimum Gasteiger partial charge on any atom is -0.497 e. The third-order valence-corrected chi connectivity index (χ3v) is 3.77. The molecule has 0 bridgehead atoms. The molecule has 0 aliphatic rings. The van der Waals surface area contributed by atoms with Crippen molar-refractivity contribution >= 4 is 22.5 Å². The van der Waals surface area contributed by atoms with Crippen LogP contribution in [0.1, 0.15) is 12.0 Å². The largest absolute Gasteiger partial charge is 0.497 e. The van der Waals surface area contributed by atoms with E-state index in [9.17, 15) is 4.79 Å². The Morgan fingerprint density at radius 2 is 2.09 bits per heavy atom. The van der Waals surface area contributed by atoms with E-state index in [-0.39, 0.29) is 5.91 Å². The summed E-state index contributed by atoms with van der Waals surface area (Å²) in [5.41, 5.74) is 2.98. The van der Waals surface area contributed by atoms with Gasteiger partial charge in [0.05, 0.1) is 25.4 Å². The van der Waals surface area contributed by atoms with Gasteiger partial charge in [0.25, 0.3) is 0 Å². The average molecular weight is 309 g/mol. The molecule has 1 amide bonds. The second-order valence-corrected chi connectivity index (χ2v) is 5.41. The smallest absolute Gasteiger partial charge is 0.226 e. The van der Waals surface area contributed by atoms with E-state index in [1.54, 1.807) is 13.2 Å². The predicted molar refractivity (Wildman–Crippen MR) is 90.7 cm³/mol. The lowest BCUT2D eigenvalue weighted by Gasteiger charge is -2.08. The van der Waals surface area contributed by atoms with Gasteiger partial charge in [-0.25, -0.2) is 0 Å².